The van der Waals surface area contributed by atoms with Gasteiger partial charge in [-0.1, -0.05) is 48.5 Å². The van der Waals surface area contributed by atoms with Crippen LogP contribution in [0.3, 0.4) is 0 Å². The predicted octanol–water partition coefficient (Wildman–Crippen LogP) is 4.06. The van der Waals surface area contributed by atoms with Crippen molar-refractivity contribution >= 4 is 17.5 Å². The molecule has 1 aromatic heterocycles. The number of hydrogen-bond donors (Lipinski definition) is 2. The van der Waals surface area contributed by atoms with E-state index in [-0.39, 0.29) is 11.5 Å². The summed E-state index contributed by atoms with van der Waals surface area (Å²) in [6, 6.07) is 28.8. The molecule has 0 bridgehead atoms. The molecule has 6 nitrogen and oxygen atoms in total. The zero-order valence-electron chi connectivity index (χ0n) is 17.9. The van der Waals surface area contributed by atoms with Crippen LogP contribution in [-0.4, -0.2) is 22.9 Å². The number of carbonyl (C=O) groups is 2. The van der Waals surface area contributed by atoms with E-state index < -0.39 is 11.5 Å². The molecule has 33 heavy (non-hydrogen) atoms. The summed E-state index contributed by atoms with van der Waals surface area (Å²) in [6.07, 6.45) is 2.30. The van der Waals surface area contributed by atoms with Gasteiger partial charge in [0.2, 0.25) is 0 Å². The van der Waals surface area contributed by atoms with Crippen LogP contribution in [0.25, 0.3) is 5.69 Å². The van der Waals surface area contributed by atoms with Crippen molar-refractivity contribution in [2.24, 2.45) is 0 Å². The third-order valence-corrected chi connectivity index (χ3v) is 5.17. The van der Waals surface area contributed by atoms with Crippen LogP contribution in [-0.2, 0) is 6.42 Å². The minimum Gasteiger partial charge on any atom is -0.352 e. The third kappa shape index (κ3) is 5.43. The van der Waals surface area contributed by atoms with E-state index in [1.807, 2.05) is 36.4 Å². The minimum absolute atomic E-state index is 0.0759. The number of nitrogens with zero attached hydrogens (tertiary/aromatic N) is 1. The van der Waals surface area contributed by atoms with Crippen LogP contribution in [0.2, 0.25) is 0 Å². The second-order valence-electron chi connectivity index (χ2n) is 7.46. The molecule has 2 N–H and O–H groups in total. The number of nitrogens with one attached hydrogen (secondary N) is 2. The number of hydrogen-bond acceptors (Lipinski definition) is 3. The van der Waals surface area contributed by atoms with Crippen molar-refractivity contribution in [1.29, 1.82) is 0 Å². The van der Waals surface area contributed by atoms with Gasteiger partial charge in [-0.2, -0.15) is 0 Å². The molecule has 0 saturated heterocycles. The van der Waals surface area contributed by atoms with Gasteiger partial charge in [0.1, 0.15) is 5.56 Å². The highest BCUT2D eigenvalue weighted by atomic mass is 16.2. The molecule has 0 atom stereocenters. The molecule has 4 rings (SSSR count). The van der Waals surface area contributed by atoms with Gasteiger partial charge < -0.3 is 10.6 Å². The number of amides is 2. The number of carbonyl (C=O) groups excluding carboxylic acids is 2. The molecule has 1 heterocycles. The molecule has 2 amide bonds. The van der Waals surface area contributed by atoms with Crippen molar-refractivity contribution in [2.75, 3.05) is 11.9 Å². The summed E-state index contributed by atoms with van der Waals surface area (Å²) in [5, 5.41) is 5.64. The van der Waals surface area contributed by atoms with Gasteiger partial charge in [-0.05, 0) is 60.5 Å². The molecule has 0 radical (unpaired) electrons. The fraction of sp³-hybridized carbons (Fsp3) is 0.0741. The second kappa shape index (κ2) is 10.2. The van der Waals surface area contributed by atoms with E-state index in [1.165, 1.54) is 10.6 Å². The maximum Gasteiger partial charge on any atom is 0.267 e. The van der Waals surface area contributed by atoms with Crippen LogP contribution in [0, 0.1) is 0 Å². The molecule has 0 aliphatic heterocycles. The molecular weight excluding hydrogens is 414 g/mol. The molecule has 0 spiro atoms. The fourth-order valence-electron chi connectivity index (χ4n) is 3.43. The molecule has 0 saturated carbocycles. The Hall–Kier alpha value is -4.45. The summed E-state index contributed by atoms with van der Waals surface area (Å²) >= 11 is 0. The van der Waals surface area contributed by atoms with Crippen LogP contribution < -0.4 is 16.2 Å². The smallest absolute Gasteiger partial charge is 0.267 e. The number of pyridine rings is 1. The normalized spacial score (nSPS) is 10.4. The monoisotopic (exact) mass is 437 g/mol. The van der Waals surface area contributed by atoms with Gasteiger partial charge in [-0.15, -0.1) is 0 Å². The molecule has 3 aromatic carbocycles. The molecule has 0 aliphatic carbocycles. The average Bonchev–Trinajstić information content (AvgIpc) is 2.86. The lowest BCUT2D eigenvalue weighted by Crippen LogP contribution is -2.33. The number of rotatable bonds is 7. The van der Waals surface area contributed by atoms with Crippen LogP contribution in [0.4, 0.5) is 5.69 Å². The van der Waals surface area contributed by atoms with Crippen LogP contribution in [0.5, 0.6) is 0 Å². The first-order valence-corrected chi connectivity index (χ1v) is 10.6. The quantitative estimate of drug-likeness (QED) is 0.458. The Labute approximate surface area is 191 Å². The topological polar surface area (TPSA) is 80.2 Å². The van der Waals surface area contributed by atoms with Crippen LogP contribution >= 0.6 is 0 Å². The largest absolute Gasteiger partial charge is 0.352 e. The zero-order chi connectivity index (χ0) is 23.0. The summed E-state index contributed by atoms with van der Waals surface area (Å²) in [5.41, 5.74) is 2.54. The molecule has 0 aliphatic rings. The second-order valence-corrected chi connectivity index (χ2v) is 7.46. The Morgan fingerprint density at radius 2 is 1.39 bits per heavy atom. The molecule has 0 unspecified atom stereocenters. The van der Waals surface area contributed by atoms with Crippen LogP contribution in [0.15, 0.2) is 108 Å². The Balaban J connectivity index is 1.44. The van der Waals surface area contributed by atoms with E-state index in [0.717, 1.165) is 5.56 Å². The first kappa shape index (κ1) is 21.8. The van der Waals surface area contributed by atoms with Gasteiger partial charge in [-0.3, -0.25) is 19.0 Å². The molecule has 6 heteroatoms. The molecule has 164 valence electrons. The Morgan fingerprint density at radius 3 is 2.09 bits per heavy atom. The van der Waals surface area contributed by atoms with Gasteiger partial charge >= 0.3 is 0 Å². The highest BCUT2D eigenvalue weighted by Crippen LogP contribution is 2.14. The summed E-state index contributed by atoms with van der Waals surface area (Å²) < 4.78 is 1.41. The maximum absolute atomic E-state index is 12.9. The highest BCUT2D eigenvalue weighted by Gasteiger charge is 2.13. The van der Waals surface area contributed by atoms with Crippen molar-refractivity contribution in [3.8, 4) is 5.69 Å². The molecule has 0 fully saturated rings. The fourth-order valence-corrected chi connectivity index (χ4v) is 3.43. The summed E-state index contributed by atoms with van der Waals surface area (Å²) in [5.74, 6) is -0.619. The Kier molecular flexibility index (Phi) is 6.75. The minimum atomic E-state index is -0.407. The van der Waals surface area contributed by atoms with E-state index in [1.54, 1.807) is 60.8 Å². The summed E-state index contributed by atoms with van der Waals surface area (Å²) in [7, 11) is 0. The van der Waals surface area contributed by atoms with Gasteiger partial charge in [0.15, 0.2) is 0 Å². The van der Waals surface area contributed by atoms with Gasteiger partial charge in [-0.25, -0.2) is 0 Å². The molecular formula is C27H23N3O3. The first-order valence-electron chi connectivity index (χ1n) is 10.6. The number of aromatic nitrogens is 1. The molecule has 4 aromatic rings. The summed E-state index contributed by atoms with van der Waals surface area (Å²) in [4.78, 5) is 37.8. The maximum atomic E-state index is 12.9. The number of benzene rings is 3. The number of anilines is 1. The van der Waals surface area contributed by atoms with Crippen LogP contribution in [0.1, 0.15) is 26.3 Å². The van der Waals surface area contributed by atoms with E-state index in [9.17, 15) is 14.4 Å². The lowest BCUT2D eigenvalue weighted by molar-refractivity contribution is 0.0951. The van der Waals surface area contributed by atoms with Crippen molar-refractivity contribution in [3.63, 3.8) is 0 Å². The van der Waals surface area contributed by atoms with Crippen molar-refractivity contribution < 1.29 is 9.59 Å². The Bertz CT molecular complexity index is 1300. The predicted molar refractivity (Wildman–Crippen MR) is 129 cm³/mol. The van der Waals surface area contributed by atoms with E-state index in [0.29, 0.717) is 29.9 Å². The van der Waals surface area contributed by atoms with Gasteiger partial charge in [0, 0.05) is 29.7 Å². The van der Waals surface area contributed by atoms with E-state index in [4.69, 9.17) is 0 Å². The highest BCUT2D eigenvalue weighted by molar-refractivity contribution is 6.04. The summed E-state index contributed by atoms with van der Waals surface area (Å²) in [6.45, 7) is 0.437. The average molecular weight is 437 g/mol. The van der Waals surface area contributed by atoms with Crippen molar-refractivity contribution in [3.05, 3.63) is 130 Å². The van der Waals surface area contributed by atoms with Crippen molar-refractivity contribution in [1.82, 2.24) is 9.88 Å². The first-order chi connectivity index (χ1) is 16.1. The SMILES string of the molecule is O=C(Nc1ccc(-n2cccc(C(=O)NCCc3ccccc3)c2=O)cc1)c1ccccc1. The van der Waals surface area contributed by atoms with E-state index >= 15 is 0 Å². The third-order valence-electron chi connectivity index (χ3n) is 5.17. The Morgan fingerprint density at radius 1 is 0.727 bits per heavy atom. The van der Waals surface area contributed by atoms with Gasteiger partial charge in [0.25, 0.3) is 17.4 Å². The lowest BCUT2D eigenvalue weighted by Gasteiger charge is -2.10. The standard InChI is InChI=1S/C27H23N3O3/c31-25(21-10-5-2-6-11-21)29-22-13-15-23(16-14-22)30-19-7-12-24(27(30)33)26(32)28-18-17-20-8-3-1-4-9-20/h1-16,19H,17-18H2,(H,28,32)(H,29,31). The lowest BCUT2D eigenvalue weighted by atomic mass is 10.1. The van der Waals surface area contributed by atoms with Gasteiger partial charge in [0.05, 0.1) is 0 Å². The van der Waals surface area contributed by atoms with Crippen molar-refractivity contribution in [2.45, 2.75) is 6.42 Å². The zero-order valence-corrected chi connectivity index (χ0v) is 17.9. The van der Waals surface area contributed by atoms with E-state index in [2.05, 4.69) is 10.6 Å².